The second kappa shape index (κ2) is 25.2. The first-order chi connectivity index (χ1) is 30.1. The lowest BCUT2D eigenvalue weighted by Gasteiger charge is -2.33. The maximum Gasteiger partial charge on any atom is 0.293 e. The number of methoxy groups -OCH3 is 1. The number of hydrogen-bond acceptors (Lipinski definition) is 6. The number of Topliss-reactive ketones (excluding diaryl/α,β-unsaturated/α-hetero) is 1. The molecular formula is C56H72O6. The minimum atomic E-state index is -0.206. The molecular weight excluding hydrogens is 769 g/mol. The highest BCUT2D eigenvalue weighted by Crippen LogP contribution is 2.45. The SMILES string of the molecule is CCC.CCC(=O)C1CC1.CCC(C)C1CCC(C)c2ccc(-c3ccc4cc5cc(-c6ccc7c(c6)C(OC)CCC7OC=O)ccc5cc4c3)cc21.CCC=O.CCC=O. The summed E-state index contributed by atoms with van der Waals surface area (Å²) in [5.74, 6) is 2.94. The molecule has 5 unspecified atom stereocenters. The fourth-order valence-corrected chi connectivity index (χ4v) is 8.58. The normalized spacial score (nSPS) is 18.9. The van der Waals surface area contributed by atoms with Crippen LogP contribution in [0.2, 0.25) is 0 Å². The number of benzene rings is 5. The Hall–Kier alpha value is -4.94. The first-order valence-corrected chi connectivity index (χ1v) is 23.3. The van der Waals surface area contributed by atoms with Crippen LogP contribution in [-0.2, 0) is 28.7 Å². The lowest BCUT2D eigenvalue weighted by atomic mass is 9.71. The average molecular weight is 841 g/mol. The maximum absolute atomic E-state index is 11.1. The summed E-state index contributed by atoms with van der Waals surface area (Å²) < 4.78 is 11.2. The van der Waals surface area contributed by atoms with Gasteiger partial charge in [0.15, 0.2) is 0 Å². The van der Waals surface area contributed by atoms with Gasteiger partial charge >= 0.3 is 0 Å². The Kier molecular flexibility index (Phi) is 20.2. The smallest absolute Gasteiger partial charge is 0.293 e. The molecule has 5 atom stereocenters. The summed E-state index contributed by atoms with van der Waals surface area (Å²) in [5, 5.41) is 4.98. The molecule has 0 amide bonds. The highest BCUT2D eigenvalue weighted by molar-refractivity contribution is 6.01. The second-order valence-corrected chi connectivity index (χ2v) is 17.1. The number of hydrogen-bond donors (Lipinski definition) is 0. The van der Waals surface area contributed by atoms with E-state index in [1.807, 2.05) is 20.8 Å². The summed E-state index contributed by atoms with van der Waals surface area (Å²) in [4.78, 5) is 40.0. The summed E-state index contributed by atoms with van der Waals surface area (Å²) >= 11 is 0. The van der Waals surface area contributed by atoms with E-state index in [1.165, 1.54) is 63.9 Å². The van der Waals surface area contributed by atoms with Gasteiger partial charge in [0.25, 0.3) is 6.47 Å². The van der Waals surface area contributed by atoms with Crippen molar-refractivity contribution >= 4 is 46.4 Å². The quantitative estimate of drug-likeness (QED) is 0.0972. The minimum Gasteiger partial charge on any atom is -0.460 e. The number of ether oxygens (including phenoxy) is 2. The van der Waals surface area contributed by atoms with Gasteiger partial charge in [0.1, 0.15) is 24.5 Å². The van der Waals surface area contributed by atoms with Crippen molar-refractivity contribution in [2.75, 3.05) is 7.11 Å². The van der Waals surface area contributed by atoms with Crippen LogP contribution in [0.5, 0.6) is 0 Å². The van der Waals surface area contributed by atoms with Crippen LogP contribution in [0.4, 0.5) is 0 Å². The fraction of sp³-hybridized carbons (Fsp3) is 0.464. The number of fused-ring (bicyclic) bond motifs is 4. The molecule has 0 spiro atoms. The molecule has 6 nitrogen and oxygen atoms in total. The van der Waals surface area contributed by atoms with Crippen molar-refractivity contribution in [3.05, 3.63) is 107 Å². The third-order valence-electron chi connectivity index (χ3n) is 12.4. The fourth-order valence-electron chi connectivity index (χ4n) is 8.58. The lowest BCUT2D eigenvalue weighted by Crippen LogP contribution is -2.18. The van der Waals surface area contributed by atoms with Gasteiger partial charge in [-0.2, -0.15) is 0 Å². The zero-order valence-corrected chi connectivity index (χ0v) is 39.0. The molecule has 1 fully saturated rings. The predicted octanol–water partition coefficient (Wildman–Crippen LogP) is 15.0. The standard InChI is InChI=1S/C41H42O3.C6H10O.2C3H6O.C3H8/c1-5-25(2)35-13-6-26(3)36-14-11-31(22-38(35)36)27-7-9-29-21-34-19-28(8-10-30(34)20-33(29)18-27)32-12-15-37-39(23-32)40(43-4)16-17-41(37)44-24-42;1-2-6(7)5-3-4-5;2*1-2-3-4;1-3-2/h7-12,14-15,18-26,35,40-41H,5-6,13,16-17H2,1-4H3;5H,2-4H2,1H3;2*3H,2H2,1H3;3H2,1-2H3. The van der Waals surface area contributed by atoms with E-state index < -0.39 is 0 Å². The van der Waals surface area contributed by atoms with Gasteiger partial charge in [0.2, 0.25) is 0 Å². The Morgan fingerprint density at radius 2 is 1.08 bits per heavy atom. The van der Waals surface area contributed by atoms with E-state index in [1.54, 1.807) is 18.2 Å². The van der Waals surface area contributed by atoms with Crippen LogP contribution < -0.4 is 0 Å². The van der Waals surface area contributed by atoms with Crippen LogP contribution in [-0.4, -0.2) is 31.9 Å². The molecule has 8 rings (SSSR count). The molecule has 0 radical (unpaired) electrons. The molecule has 62 heavy (non-hydrogen) atoms. The maximum atomic E-state index is 11.1. The third kappa shape index (κ3) is 13.0. The van der Waals surface area contributed by atoms with E-state index in [2.05, 4.69) is 120 Å². The van der Waals surface area contributed by atoms with Crippen LogP contribution in [0.25, 0.3) is 43.8 Å². The Morgan fingerprint density at radius 1 is 0.597 bits per heavy atom. The zero-order valence-electron chi connectivity index (χ0n) is 39.0. The molecule has 0 saturated heterocycles. The van der Waals surface area contributed by atoms with E-state index in [0.717, 1.165) is 61.4 Å². The lowest BCUT2D eigenvalue weighted by molar-refractivity contribution is -0.135. The van der Waals surface area contributed by atoms with E-state index in [9.17, 15) is 19.2 Å². The van der Waals surface area contributed by atoms with Crippen LogP contribution >= 0.6 is 0 Å². The Labute approximate surface area is 372 Å². The van der Waals surface area contributed by atoms with Crippen molar-refractivity contribution in [1.29, 1.82) is 0 Å². The predicted molar refractivity (Wildman–Crippen MR) is 258 cm³/mol. The molecule has 0 bridgehead atoms. The van der Waals surface area contributed by atoms with E-state index in [0.29, 0.717) is 48.8 Å². The minimum absolute atomic E-state index is 0.00879. The molecule has 0 heterocycles. The van der Waals surface area contributed by atoms with Gasteiger partial charge in [-0.05, 0) is 153 Å². The van der Waals surface area contributed by atoms with E-state index >= 15 is 0 Å². The number of carbonyl (C=O) groups is 4. The number of aldehydes is 2. The molecule has 3 aliphatic carbocycles. The molecule has 6 heteroatoms. The first kappa shape index (κ1) is 49.7. The van der Waals surface area contributed by atoms with Crippen molar-refractivity contribution in [1.82, 2.24) is 0 Å². The van der Waals surface area contributed by atoms with Crippen molar-refractivity contribution in [3.63, 3.8) is 0 Å². The molecule has 0 aliphatic heterocycles. The van der Waals surface area contributed by atoms with E-state index in [4.69, 9.17) is 9.47 Å². The summed E-state index contributed by atoms with van der Waals surface area (Å²) in [6.07, 6.45) is 12.6. The highest BCUT2D eigenvalue weighted by atomic mass is 16.5. The number of ketones is 1. The average Bonchev–Trinajstić information content (AvgIpc) is 4.17. The monoisotopic (exact) mass is 841 g/mol. The summed E-state index contributed by atoms with van der Waals surface area (Å²) in [6, 6.07) is 32.0. The molecule has 0 aromatic heterocycles. The van der Waals surface area contributed by atoms with Gasteiger partial charge in [0.05, 0.1) is 6.10 Å². The Morgan fingerprint density at radius 3 is 1.53 bits per heavy atom. The molecule has 1 saturated carbocycles. The molecule has 0 N–H and O–H groups in total. The zero-order chi connectivity index (χ0) is 45.2. The van der Waals surface area contributed by atoms with Gasteiger partial charge in [-0.25, -0.2) is 0 Å². The summed E-state index contributed by atoms with van der Waals surface area (Å²) in [6.45, 7) is 17.5. The van der Waals surface area contributed by atoms with Crippen molar-refractivity contribution in [2.45, 2.75) is 150 Å². The molecule has 3 aliphatic rings. The van der Waals surface area contributed by atoms with Crippen molar-refractivity contribution in [3.8, 4) is 22.3 Å². The second-order valence-electron chi connectivity index (χ2n) is 17.1. The topological polar surface area (TPSA) is 86.7 Å². The van der Waals surface area contributed by atoms with Gasteiger partial charge in [-0.15, -0.1) is 0 Å². The van der Waals surface area contributed by atoms with Crippen LogP contribution in [0, 0.1) is 11.8 Å². The Balaban J connectivity index is 0.000000396. The number of carbonyl (C=O) groups excluding carboxylic acids is 4. The molecule has 5 aromatic carbocycles. The van der Waals surface area contributed by atoms with Crippen LogP contribution in [0.1, 0.15) is 172 Å². The van der Waals surface area contributed by atoms with Crippen LogP contribution in [0.15, 0.2) is 84.9 Å². The molecule has 332 valence electrons. The summed E-state index contributed by atoms with van der Waals surface area (Å²) in [7, 11) is 1.75. The number of rotatable bonds is 11. The Bertz CT molecular complexity index is 2210. The van der Waals surface area contributed by atoms with Gasteiger partial charge in [-0.3, -0.25) is 9.59 Å². The van der Waals surface area contributed by atoms with Gasteiger partial charge in [-0.1, -0.05) is 123 Å². The first-order valence-electron chi connectivity index (χ1n) is 23.3. The van der Waals surface area contributed by atoms with Crippen LogP contribution in [0.3, 0.4) is 0 Å². The van der Waals surface area contributed by atoms with E-state index in [-0.39, 0.29) is 12.2 Å². The highest BCUT2D eigenvalue weighted by Gasteiger charge is 2.30. The van der Waals surface area contributed by atoms with Gasteiger partial charge in [0, 0.05) is 32.3 Å². The third-order valence-corrected chi connectivity index (χ3v) is 12.4. The van der Waals surface area contributed by atoms with Crippen molar-refractivity contribution in [2.24, 2.45) is 11.8 Å². The largest absolute Gasteiger partial charge is 0.460 e. The van der Waals surface area contributed by atoms with Gasteiger partial charge < -0.3 is 19.1 Å². The van der Waals surface area contributed by atoms with Crippen molar-refractivity contribution < 1.29 is 28.7 Å². The molecule has 5 aromatic rings. The summed E-state index contributed by atoms with van der Waals surface area (Å²) in [5.41, 5.74) is 10.2.